The second kappa shape index (κ2) is 6.37. The van der Waals surface area contributed by atoms with Crippen LogP contribution in [0, 0.1) is 0 Å². The molecule has 150 valence electrons. The first kappa shape index (κ1) is 19.9. The number of amides is 1. The number of benzene rings is 1. The lowest BCUT2D eigenvalue weighted by molar-refractivity contribution is -0.137. The van der Waals surface area contributed by atoms with Gasteiger partial charge in [-0.05, 0) is 45.4 Å². The predicted octanol–water partition coefficient (Wildman–Crippen LogP) is 3.09. The van der Waals surface area contributed by atoms with E-state index in [1.165, 1.54) is 9.21 Å². The molecule has 2 aliphatic heterocycles. The molecule has 3 rings (SSSR count). The number of nitrogens with zero attached hydrogens (tertiary/aromatic N) is 2. The van der Waals surface area contributed by atoms with Crippen molar-refractivity contribution in [3.63, 3.8) is 0 Å². The molecule has 2 unspecified atom stereocenters. The second-order valence-corrected chi connectivity index (χ2v) is 9.67. The number of alkyl halides is 3. The first-order chi connectivity index (χ1) is 12.3. The Hall–Kier alpha value is -1.81. The molecule has 0 radical (unpaired) electrons. The van der Waals surface area contributed by atoms with Crippen molar-refractivity contribution in [3.8, 4) is 0 Å². The number of sulfonamides is 1. The van der Waals surface area contributed by atoms with Crippen LogP contribution in [0.3, 0.4) is 0 Å². The Kier molecular flexibility index (Phi) is 4.70. The van der Waals surface area contributed by atoms with Gasteiger partial charge in [-0.15, -0.1) is 0 Å². The first-order valence-corrected chi connectivity index (χ1v) is 9.92. The Morgan fingerprint density at radius 1 is 1.15 bits per heavy atom. The number of hydrogen-bond donors (Lipinski definition) is 0. The summed E-state index contributed by atoms with van der Waals surface area (Å²) in [6.45, 7) is 5.43. The van der Waals surface area contributed by atoms with E-state index in [-0.39, 0.29) is 19.1 Å². The summed E-state index contributed by atoms with van der Waals surface area (Å²) in [6.07, 6.45) is -4.69. The lowest BCUT2D eigenvalue weighted by Gasteiger charge is -2.34. The van der Waals surface area contributed by atoms with E-state index in [1.807, 2.05) is 0 Å². The molecule has 0 N–H and O–H groups in total. The number of halogens is 3. The summed E-state index contributed by atoms with van der Waals surface area (Å²) in [5, 5.41) is 0. The third-order valence-electron chi connectivity index (χ3n) is 4.59. The van der Waals surface area contributed by atoms with Crippen molar-refractivity contribution >= 4 is 16.1 Å². The fraction of sp³-hybridized carbons (Fsp3) is 0.588. The number of piperazine rings is 1. The van der Waals surface area contributed by atoms with Crippen LogP contribution in [0.4, 0.5) is 18.0 Å². The van der Waals surface area contributed by atoms with Gasteiger partial charge in [0.05, 0.1) is 16.5 Å². The van der Waals surface area contributed by atoms with Gasteiger partial charge in [-0.2, -0.15) is 17.5 Å². The zero-order chi connectivity index (χ0) is 20.2. The minimum Gasteiger partial charge on any atom is -0.444 e. The molecule has 2 atom stereocenters. The molecule has 2 aliphatic rings. The Morgan fingerprint density at radius 3 is 2.33 bits per heavy atom. The van der Waals surface area contributed by atoms with Crippen LogP contribution in [0.5, 0.6) is 0 Å². The molecule has 0 aromatic heterocycles. The highest BCUT2D eigenvalue weighted by Crippen LogP contribution is 2.37. The Labute approximate surface area is 155 Å². The maximum absolute atomic E-state index is 12.9. The molecular formula is C17H21F3N2O4S. The van der Waals surface area contributed by atoms with Gasteiger partial charge >= 0.3 is 12.3 Å². The molecule has 0 aliphatic carbocycles. The maximum atomic E-state index is 12.9. The van der Waals surface area contributed by atoms with E-state index in [2.05, 4.69) is 0 Å². The highest BCUT2D eigenvalue weighted by Gasteiger charge is 2.51. The largest absolute Gasteiger partial charge is 0.444 e. The van der Waals surface area contributed by atoms with Crippen LogP contribution < -0.4 is 0 Å². The van der Waals surface area contributed by atoms with Crippen molar-refractivity contribution in [2.45, 2.75) is 55.9 Å². The number of rotatable bonds is 2. The maximum Gasteiger partial charge on any atom is 0.416 e. The summed E-state index contributed by atoms with van der Waals surface area (Å²) in [7, 11) is -4.08. The van der Waals surface area contributed by atoms with Crippen LogP contribution in [0.1, 0.15) is 32.8 Å². The van der Waals surface area contributed by atoms with Crippen LogP contribution in [0.25, 0.3) is 0 Å². The summed E-state index contributed by atoms with van der Waals surface area (Å²) in [5.74, 6) is 0. The molecule has 2 fully saturated rings. The van der Waals surface area contributed by atoms with Gasteiger partial charge < -0.3 is 9.64 Å². The van der Waals surface area contributed by atoms with Crippen LogP contribution in [-0.2, 0) is 20.9 Å². The summed E-state index contributed by atoms with van der Waals surface area (Å²) in [4.78, 5) is 13.3. The third-order valence-corrected chi connectivity index (χ3v) is 6.50. The lowest BCUT2D eigenvalue weighted by atomic mass is 10.2. The highest BCUT2D eigenvalue weighted by atomic mass is 32.2. The first-order valence-electron chi connectivity index (χ1n) is 8.48. The average Bonchev–Trinajstić information content (AvgIpc) is 3.13. The summed E-state index contributed by atoms with van der Waals surface area (Å²) < 4.78 is 70.9. The van der Waals surface area contributed by atoms with Crippen molar-refractivity contribution in [1.29, 1.82) is 0 Å². The minimum atomic E-state index is -4.62. The zero-order valence-corrected chi connectivity index (χ0v) is 16.0. The van der Waals surface area contributed by atoms with Crippen molar-refractivity contribution in [3.05, 3.63) is 29.8 Å². The van der Waals surface area contributed by atoms with E-state index in [0.29, 0.717) is 12.5 Å². The molecular weight excluding hydrogens is 385 g/mol. The fourth-order valence-corrected chi connectivity index (χ4v) is 5.15. The van der Waals surface area contributed by atoms with Gasteiger partial charge in [0.25, 0.3) is 0 Å². The molecule has 10 heteroatoms. The normalized spacial score (nSPS) is 23.7. The van der Waals surface area contributed by atoms with Gasteiger partial charge in [0.15, 0.2) is 0 Å². The molecule has 2 bridgehead atoms. The van der Waals surface area contributed by atoms with Crippen molar-refractivity contribution in [1.82, 2.24) is 9.21 Å². The second-order valence-electron chi connectivity index (χ2n) is 7.78. The van der Waals surface area contributed by atoms with E-state index in [4.69, 9.17) is 4.74 Å². The van der Waals surface area contributed by atoms with Gasteiger partial charge in [-0.25, -0.2) is 13.2 Å². The van der Waals surface area contributed by atoms with Crippen molar-refractivity contribution in [2.24, 2.45) is 0 Å². The van der Waals surface area contributed by atoms with E-state index in [9.17, 15) is 26.4 Å². The molecule has 2 saturated heterocycles. The zero-order valence-electron chi connectivity index (χ0n) is 15.2. The molecule has 1 amide bonds. The molecule has 0 spiro atoms. The molecule has 27 heavy (non-hydrogen) atoms. The highest BCUT2D eigenvalue weighted by molar-refractivity contribution is 7.89. The quantitative estimate of drug-likeness (QED) is 0.757. The number of likely N-dealkylation sites (tertiary alicyclic amines) is 1. The number of ether oxygens (including phenoxy) is 1. The third kappa shape index (κ3) is 3.91. The lowest BCUT2D eigenvalue weighted by Crippen LogP contribution is -2.51. The fourth-order valence-electron chi connectivity index (χ4n) is 3.44. The van der Waals surface area contributed by atoms with Gasteiger partial charge in [0.2, 0.25) is 10.0 Å². The number of hydrogen-bond acceptors (Lipinski definition) is 4. The van der Waals surface area contributed by atoms with Crippen LogP contribution in [0.2, 0.25) is 0 Å². The van der Waals surface area contributed by atoms with Gasteiger partial charge in [-0.3, -0.25) is 0 Å². The Morgan fingerprint density at radius 2 is 1.81 bits per heavy atom. The molecule has 1 aromatic rings. The Bertz CT molecular complexity index is 848. The summed E-state index contributed by atoms with van der Waals surface area (Å²) >= 11 is 0. The summed E-state index contributed by atoms with van der Waals surface area (Å²) in [6, 6.07) is 2.90. The average molecular weight is 406 g/mol. The van der Waals surface area contributed by atoms with E-state index in [1.54, 1.807) is 20.8 Å². The molecule has 1 aromatic carbocycles. The smallest absolute Gasteiger partial charge is 0.416 e. The number of fused-ring (bicyclic) bond motifs is 2. The topological polar surface area (TPSA) is 66.9 Å². The van der Waals surface area contributed by atoms with E-state index >= 15 is 0 Å². The van der Waals surface area contributed by atoms with Crippen LogP contribution in [-0.4, -0.2) is 54.5 Å². The summed E-state index contributed by atoms with van der Waals surface area (Å²) in [5.41, 5.74) is -1.67. The van der Waals surface area contributed by atoms with Crippen molar-refractivity contribution in [2.75, 3.05) is 13.1 Å². The predicted molar refractivity (Wildman–Crippen MR) is 90.5 cm³/mol. The van der Waals surface area contributed by atoms with Crippen LogP contribution >= 0.6 is 0 Å². The van der Waals surface area contributed by atoms with Crippen molar-refractivity contribution < 1.29 is 31.1 Å². The van der Waals surface area contributed by atoms with Crippen LogP contribution in [0.15, 0.2) is 29.2 Å². The molecule has 0 saturated carbocycles. The Balaban J connectivity index is 1.78. The standard InChI is InChI=1S/C17H21F3N2O4S/c1-16(2,3)26-15(23)21-9-13-8-12(21)10-22(13)27(24,25)14-6-4-5-11(7-14)17(18,19)20/h4-7,12-13H,8-10H2,1-3H3. The van der Waals surface area contributed by atoms with Gasteiger partial charge in [-0.1, -0.05) is 6.07 Å². The SMILES string of the molecule is CC(C)(C)OC(=O)N1CC2CC1CN2S(=O)(=O)c1cccc(C(F)(F)F)c1. The monoisotopic (exact) mass is 406 g/mol. The minimum absolute atomic E-state index is 0.0441. The molecule has 6 nitrogen and oxygen atoms in total. The van der Waals surface area contributed by atoms with Gasteiger partial charge in [0, 0.05) is 19.1 Å². The molecule has 2 heterocycles. The number of carbonyl (C=O) groups excluding carboxylic acids is 1. The van der Waals surface area contributed by atoms with Gasteiger partial charge in [0.1, 0.15) is 5.60 Å². The number of carbonyl (C=O) groups is 1. The van der Waals surface area contributed by atoms with E-state index < -0.39 is 44.4 Å². The van der Waals surface area contributed by atoms with E-state index in [0.717, 1.165) is 18.2 Å².